The Labute approximate surface area is 165 Å². The minimum absolute atomic E-state index is 0.0755. The lowest BCUT2D eigenvalue weighted by atomic mass is 10.1. The van der Waals surface area contributed by atoms with Gasteiger partial charge in [-0.15, -0.1) is 0 Å². The molecule has 0 aliphatic carbocycles. The van der Waals surface area contributed by atoms with Gasteiger partial charge in [0.2, 0.25) is 0 Å². The summed E-state index contributed by atoms with van der Waals surface area (Å²) >= 11 is 0. The molecule has 0 radical (unpaired) electrons. The largest absolute Gasteiger partial charge is 0.345 e. The first kappa shape index (κ1) is 19.2. The summed E-state index contributed by atoms with van der Waals surface area (Å²) in [4.78, 5) is 12.6. The van der Waals surface area contributed by atoms with Crippen molar-refractivity contribution in [2.75, 3.05) is 0 Å². The zero-order valence-electron chi connectivity index (χ0n) is 16.3. The van der Waals surface area contributed by atoms with Crippen LogP contribution < -0.4 is 5.32 Å². The molecule has 4 nitrogen and oxygen atoms in total. The molecule has 28 heavy (non-hydrogen) atoms. The molecule has 1 N–H and O–H groups in total. The van der Waals surface area contributed by atoms with Gasteiger partial charge in [-0.3, -0.25) is 4.79 Å². The van der Waals surface area contributed by atoms with Crippen molar-refractivity contribution in [2.24, 2.45) is 0 Å². The Kier molecular flexibility index (Phi) is 5.76. The summed E-state index contributed by atoms with van der Waals surface area (Å²) in [6.45, 7) is 6.04. The van der Waals surface area contributed by atoms with Gasteiger partial charge in [0.1, 0.15) is 11.6 Å². The summed E-state index contributed by atoms with van der Waals surface area (Å²) < 4.78 is 1.97. The maximum absolute atomic E-state index is 12.6. The van der Waals surface area contributed by atoms with Crippen molar-refractivity contribution in [2.45, 2.75) is 26.8 Å². The smallest absolute Gasteiger partial charge is 0.262 e. The Bertz CT molecular complexity index is 1050. The van der Waals surface area contributed by atoms with E-state index in [1.165, 1.54) is 11.1 Å². The highest BCUT2D eigenvalue weighted by Gasteiger charge is 2.14. The zero-order valence-corrected chi connectivity index (χ0v) is 16.3. The number of aromatic nitrogens is 1. The van der Waals surface area contributed by atoms with Crippen LogP contribution in [0.1, 0.15) is 35.3 Å². The number of amides is 1. The van der Waals surface area contributed by atoms with Gasteiger partial charge in [-0.25, -0.2) is 0 Å². The second-order valence-corrected chi connectivity index (χ2v) is 6.85. The van der Waals surface area contributed by atoms with Crippen LogP contribution in [0, 0.1) is 25.2 Å². The predicted octanol–water partition coefficient (Wildman–Crippen LogP) is 4.88. The van der Waals surface area contributed by atoms with E-state index < -0.39 is 0 Å². The van der Waals surface area contributed by atoms with Crippen LogP contribution >= 0.6 is 0 Å². The zero-order chi connectivity index (χ0) is 20.1. The fourth-order valence-corrected chi connectivity index (χ4v) is 3.02. The van der Waals surface area contributed by atoms with E-state index in [1.807, 2.05) is 72.3 Å². The van der Waals surface area contributed by atoms with Crippen LogP contribution in [0.4, 0.5) is 0 Å². The number of aryl methyl sites for hydroxylation is 2. The average molecular weight is 369 g/mol. The van der Waals surface area contributed by atoms with E-state index in [0.717, 1.165) is 16.9 Å². The van der Waals surface area contributed by atoms with Gasteiger partial charge < -0.3 is 9.88 Å². The summed E-state index contributed by atoms with van der Waals surface area (Å²) in [7, 11) is 0. The average Bonchev–Trinajstić information content (AvgIpc) is 3.17. The molecule has 1 amide bonds. The second-order valence-electron chi connectivity index (χ2n) is 6.85. The molecule has 3 aromatic rings. The van der Waals surface area contributed by atoms with E-state index in [0.29, 0.717) is 0 Å². The molecule has 0 spiro atoms. The number of benzene rings is 2. The molecule has 2 aromatic carbocycles. The maximum atomic E-state index is 12.6. The van der Waals surface area contributed by atoms with Gasteiger partial charge in [0, 0.05) is 17.6 Å². The molecule has 0 fully saturated rings. The van der Waals surface area contributed by atoms with Gasteiger partial charge in [-0.1, -0.05) is 36.4 Å². The lowest BCUT2D eigenvalue weighted by Crippen LogP contribution is -2.27. The van der Waals surface area contributed by atoms with Gasteiger partial charge in [0.05, 0.1) is 6.04 Å². The number of carbonyl (C=O) groups excluding carboxylic acids is 1. The highest BCUT2D eigenvalue weighted by molar-refractivity contribution is 6.01. The van der Waals surface area contributed by atoms with Crippen molar-refractivity contribution >= 4 is 12.0 Å². The highest BCUT2D eigenvalue weighted by atomic mass is 16.1. The molecule has 4 heteroatoms. The standard InChI is InChI=1S/C24H23N3O/c1-17-11-12-23(14-18(17)2)27-13-7-10-22(27)15-21(16-25)24(28)26-19(3)20-8-5-4-6-9-20/h4-15,19H,1-3H3,(H,26,28)/b21-15-/t19-/m0/s1. The van der Waals surface area contributed by atoms with Crippen molar-refractivity contribution < 1.29 is 4.79 Å². The summed E-state index contributed by atoms with van der Waals surface area (Å²) in [6, 6.07) is 21.5. The van der Waals surface area contributed by atoms with Gasteiger partial charge in [0.15, 0.2) is 0 Å². The third-order valence-corrected chi connectivity index (χ3v) is 4.85. The highest BCUT2D eigenvalue weighted by Crippen LogP contribution is 2.19. The summed E-state index contributed by atoms with van der Waals surface area (Å²) in [5.41, 5.74) is 5.26. The number of hydrogen-bond donors (Lipinski definition) is 1. The van der Waals surface area contributed by atoms with Gasteiger partial charge >= 0.3 is 0 Å². The van der Waals surface area contributed by atoms with E-state index in [4.69, 9.17) is 0 Å². The quantitative estimate of drug-likeness (QED) is 0.515. The Balaban J connectivity index is 1.85. The fraction of sp³-hybridized carbons (Fsp3) is 0.167. The molecular formula is C24H23N3O. The normalized spacial score (nSPS) is 12.3. The SMILES string of the molecule is Cc1ccc(-n2cccc2/C=C(/C#N)C(=O)N[C@@H](C)c2ccccc2)cc1C. The molecule has 1 aromatic heterocycles. The van der Waals surface area contributed by atoms with Gasteiger partial charge in [0.25, 0.3) is 5.91 Å². The first-order chi connectivity index (χ1) is 13.5. The second kappa shape index (κ2) is 8.41. The number of rotatable bonds is 5. The number of nitrogens with one attached hydrogen (secondary N) is 1. The summed E-state index contributed by atoms with van der Waals surface area (Å²) in [6.07, 6.45) is 3.55. The van der Waals surface area contributed by atoms with Gasteiger partial charge in [-0.05, 0) is 67.8 Å². The van der Waals surface area contributed by atoms with E-state index in [1.54, 1.807) is 6.08 Å². The molecule has 1 atom stereocenters. The van der Waals surface area contributed by atoms with E-state index in [-0.39, 0.29) is 17.5 Å². The van der Waals surface area contributed by atoms with Crippen LogP contribution in [0.2, 0.25) is 0 Å². The van der Waals surface area contributed by atoms with Crippen molar-refractivity contribution in [3.8, 4) is 11.8 Å². The van der Waals surface area contributed by atoms with Crippen molar-refractivity contribution in [1.82, 2.24) is 9.88 Å². The Morgan fingerprint density at radius 2 is 1.82 bits per heavy atom. The molecule has 1 heterocycles. The Morgan fingerprint density at radius 3 is 2.50 bits per heavy atom. The van der Waals surface area contributed by atoms with Crippen LogP contribution in [0.5, 0.6) is 0 Å². The summed E-state index contributed by atoms with van der Waals surface area (Å²) in [5.74, 6) is -0.383. The molecule has 0 saturated carbocycles. The van der Waals surface area contributed by atoms with Crippen LogP contribution in [-0.4, -0.2) is 10.5 Å². The van der Waals surface area contributed by atoms with Crippen molar-refractivity contribution in [3.05, 3.63) is 94.8 Å². The van der Waals surface area contributed by atoms with E-state index in [2.05, 4.69) is 31.3 Å². The molecule has 140 valence electrons. The summed E-state index contributed by atoms with van der Waals surface area (Å²) in [5, 5.41) is 12.4. The molecule has 0 unspecified atom stereocenters. The molecule has 0 aliphatic heterocycles. The van der Waals surface area contributed by atoms with Crippen molar-refractivity contribution in [1.29, 1.82) is 5.26 Å². The van der Waals surface area contributed by atoms with Crippen LogP contribution in [0.3, 0.4) is 0 Å². The molecule has 3 rings (SSSR count). The lowest BCUT2D eigenvalue weighted by Gasteiger charge is -2.14. The maximum Gasteiger partial charge on any atom is 0.262 e. The van der Waals surface area contributed by atoms with Crippen LogP contribution in [0.15, 0.2) is 72.4 Å². The molecule has 0 saturated heterocycles. The third-order valence-electron chi connectivity index (χ3n) is 4.85. The number of nitrogens with zero attached hydrogens (tertiary/aromatic N) is 2. The van der Waals surface area contributed by atoms with E-state index in [9.17, 15) is 10.1 Å². The minimum atomic E-state index is -0.383. The number of nitriles is 1. The van der Waals surface area contributed by atoms with Crippen molar-refractivity contribution in [3.63, 3.8) is 0 Å². The first-order valence-electron chi connectivity index (χ1n) is 9.22. The first-order valence-corrected chi connectivity index (χ1v) is 9.22. The van der Waals surface area contributed by atoms with Crippen LogP contribution in [0.25, 0.3) is 11.8 Å². The minimum Gasteiger partial charge on any atom is -0.345 e. The molecule has 0 aliphatic rings. The lowest BCUT2D eigenvalue weighted by molar-refractivity contribution is -0.117. The predicted molar refractivity (Wildman–Crippen MR) is 112 cm³/mol. The third kappa shape index (κ3) is 4.21. The molecular weight excluding hydrogens is 346 g/mol. The number of carbonyl (C=O) groups is 1. The van der Waals surface area contributed by atoms with Crippen LogP contribution in [-0.2, 0) is 4.79 Å². The monoisotopic (exact) mass is 369 g/mol. The topological polar surface area (TPSA) is 57.8 Å². The Morgan fingerprint density at radius 1 is 1.07 bits per heavy atom. The Hall–Kier alpha value is -3.58. The number of hydrogen-bond acceptors (Lipinski definition) is 2. The fourth-order valence-electron chi connectivity index (χ4n) is 3.02. The van der Waals surface area contributed by atoms with Gasteiger partial charge in [-0.2, -0.15) is 5.26 Å². The van der Waals surface area contributed by atoms with E-state index >= 15 is 0 Å². The molecule has 0 bridgehead atoms.